The van der Waals surface area contributed by atoms with Crippen LogP contribution in [0.2, 0.25) is 0 Å². The van der Waals surface area contributed by atoms with Crippen LogP contribution in [0.1, 0.15) is 12.5 Å². The molecule has 1 heterocycles. The number of carbonyl (C=O) groups excluding carboxylic acids is 3. The van der Waals surface area contributed by atoms with Crippen LogP contribution in [-0.2, 0) is 9.59 Å². The standard InChI is InChI=1S/C20H16I2N2O4S/c1-2-28-18-12(8-13(21)10-15(18)22)9-16-19(26)24(20(27)29-16)11-17(25)23-14-6-4-3-5-7-14/h3-10H,2,11H2,1H3,(H,23,25)/b16-9-. The quantitative estimate of drug-likeness (QED) is 0.359. The minimum atomic E-state index is -0.487. The lowest BCUT2D eigenvalue weighted by Gasteiger charge is -2.13. The number of amides is 3. The Morgan fingerprint density at radius 3 is 2.62 bits per heavy atom. The second-order valence-corrected chi connectivity index (χ2v) is 9.32. The van der Waals surface area contributed by atoms with Gasteiger partial charge in [-0.15, -0.1) is 0 Å². The predicted octanol–water partition coefficient (Wildman–Crippen LogP) is 4.97. The Bertz CT molecular complexity index is 995. The molecule has 3 rings (SSSR count). The van der Waals surface area contributed by atoms with Crippen LogP contribution in [0.4, 0.5) is 10.5 Å². The van der Waals surface area contributed by atoms with Gasteiger partial charge in [-0.05, 0) is 94.2 Å². The lowest BCUT2D eigenvalue weighted by atomic mass is 10.2. The van der Waals surface area contributed by atoms with Gasteiger partial charge in [-0.2, -0.15) is 0 Å². The molecule has 0 unspecified atom stereocenters. The highest BCUT2D eigenvalue weighted by molar-refractivity contribution is 14.1. The molecule has 0 spiro atoms. The predicted molar refractivity (Wildman–Crippen MR) is 131 cm³/mol. The molecule has 0 aliphatic carbocycles. The van der Waals surface area contributed by atoms with Crippen LogP contribution in [0.25, 0.3) is 6.08 Å². The molecule has 0 saturated carbocycles. The van der Waals surface area contributed by atoms with Gasteiger partial charge < -0.3 is 10.1 Å². The summed E-state index contributed by atoms with van der Waals surface area (Å²) in [5.41, 5.74) is 1.33. The van der Waals surface area contributed by atoms with E-state index in [1.54, 1.807) is 30.3 Å². The van der Waals surface area contributed by atoms with Gasteiger partial charge in [-0.25, -0.2) is 0 Å². The Labute approximate surface area is 199 Å². The number of hydrogen-bond acceptors (Lipinski definition) is 5. The van der Waals surface area contributed by atoms with Crippen LogP contribution in [0.5, 0.6) is 5.75 Å². The number of ether oxygens (including phenoxy) is 1. The summed E-state index contributed by atoms with van der Waals surface area (Å²) in [5, 5.41) is 2.21. The maximum absolute atomic E-state index is 12.7. The van der Waals surface area contributed by atoms with Crippen LogP contribution in [0.15, 0.2) is 47.4 Å². The second-order valence-electron chi connectivity index (χ2n) is 5.92. The van der Waals surface area contributed by atoms with Crippen molar-refractivity contribution in [3.05, 3.63) is 60.1 Å². The van der Waals surface area contributed by atoms with E-state index in [1.807, 2.05) is 25.1 Å². The summed E-state index contributed by atoms with van der Waals surface area (Å²) in [6, 6.07) is 12.7. The van der Waals surface area contributed by atoms with Gasteiger partial charge in [0.1, 0.15) is 12.3 Å². The molecule has 1 saturated heterocycles. The number of nitrogens with one attached hydrogen (secondary N) is 1. The van der Waals surface area contributed by atoms with Gasteiger partial charge in [0.05, 0.1) is 15.1 Å². The Hall–Kier alpha value is -1.60. The van der Waals surface area contributed by atoms with Crippen molar-refractivity contribution in [1.82, 2.24) is 4.90 Å². The maximum Gasteiger partial charge on any atom is 0.294 e. The number of halogens is 2. The summed E-state index contributed by atoms with van der Waals surface area (Å²) in [7, 11) is 0. The number of thioether (sulfide) groups is 1. The normalized spacial score (nSPS) is 15.1. The van der Waals surface area contributed by atoms with Gasteiger partial charge in [-0.3, -0.25) is 19.3 Å². The van der Waals surface area contributed by atoms with Crippen molar-refractivity contribution in [1.29, 1.82) is 0 Å². The molecule has 150 valence electrons. The van der Waals surface area contributed by atoms with Gasteiger partial charge in [0.25, 0.3) is 11.1 Å². The van der Waals surface area contributed by atoms with Crippen LogP contribution in [0, 0.1) is 7.14 Å². The van der Waals surface area contributed by atoms with E-state index in [0.717, 1.165) is 29.4 Å². The zero-order valence-corrected chi connectivity index (χ0v) is 20.4. The number of hydrogen-bond donors (Lipinski definition) is 1. The number of anilines is 1. The lowest BCUT2D eigenvalue weighted by molar-refractivity contribution is -0.127. The molecule has 29 heavy (non-hydrogen) atoms. The minimum absolute atomic E-state index is 0.265. The highest BCUT2D eigenvalue weighted by atomic mass is 127. The fourth-order valence-corrected chi connectivity index (χ4v) is 5.50. The van der Waals surface area contributed by atoms with Crippen molar-refractivity contribution in [2.45, 2.75) is 6.92 Å². The van der Waals surface area contributed by atoms with Crippen LogP contribution in [0.3, 0.4) is 0 Å². The van der Waals surface area contributed by atoms with E-state index in [1.165, 1.54) is 0 Å². The molecule has 0 aromatic heterocycles. The molecule has 3 amide bonds. The van der Waals surface area contributed by atoms with E-state index in [2.05, 4.69) is 50.5 Å². The molecule has 2 aromatic rings. The molecular weight excluding hydrogens is 618 g/mol. The van der Waals surface area contributed by atoms with E-state index in [0.29, 0.717) is 18.0 Å². The summed E-state index contributed by atoms with van der Waals surface area (Å²) >= 11 is 5.19. The molecule has 1 fully saturated rings. The third-order valence-electron chi connectivity index (χ3n) is 3.85. The number of rotatable bonds is 6. The van der Waals surface area contributed by atoms with Gasteiger partial charge in [-0.1, -0.05) is 18.2 Å². The SMILES string of the molecule is CCOc1c(I)cc(I)cc1/C=C1\SC(=O)N(CC(=O)Nc2ccccc2)C1=O. The van der Waals surface area contributed by atoms with Gasteiger partial charge in [0.15, 0.2) is 0 Å². The molecule has 0 atom stereocenters. The maximum atomic E-state index is 12.7. The molecule has 9 heteroatoms. The molecule has 6 nitrogen and oxygen atoms in total. The average Bonchev–Trinajstić information content (AvgIpc) is 2.92. The van der Waals surface area contributed by atoms with Crippen molar-refractivity contribution in [2.75, 3.05) is 18.5 Å². The molecule has 0 radical (unpaired) electrons. The Morgan fingerprint density at radius 1 is 1.21 bits per heavy atom. The van der Waals surface area contributed by atoms with Crippen molar-refractivity contribution in [3.63, 3.8) is 0 Å². The van der Waals surface area contributed by atoms with E-state index >= 15 is 0 Å². The molecule has 1 aliphatic heterocycles. The van der Waals surface area contributed by atoms with E-state index < -0.39 is 17.1 Å². The molecule has 1 N–H and O–H groups in total. The molecule has 1 aliphatic rings. The van der Waals surface area contributed by atoms with Gasteiger partial charge in [0.2, 0.25) is 5.91 Å². The van der Waals surface area contributed by atoms with Crippen molar-refractivity contribution < 1.29 is 19.1 Å². The zero-order chi connectivity index (χ0) is 21.0. The average molecular weight is 634 g/mol. The summed E-state index contributed by atoms with van der Waals surface area (Å²) in [6.07, 6.45) is 1.65. The summed E-state index contributed by atoms with van der Waals surface area (Å²) in [6.45, 7) is 2.04. The minimum Gasteiger partial charge on any atom is -0.492 e. The van der Waals surface area contributed by atoms with Gasteiger partial charge in [0, 0.05) is 14.8 Å². The Morgan fingerprint density at radius 2 is 1.93 bits per heavy atom. The van der Waals surface area contributed by atoms with E-state index in [-0.39, 0.29) is 11.4 Å². The summed E-state index contributed by atoms with van der Waals surface area (Å²) in [4.78, 5) is 38.5. The monoisotopic (exact) mass is 634 g/mol. The number of para-hydroxylation sites is 1. The first-order chi connectivity index (χ1) is 13.9. The Balaban J connectivity index is 1.79. The first-order valence-electron chi connectivity index (χ1n) is 8.61. The molecule has 0 bridgehead atoms. The van der Waals surface area contributed by atoms with Crippen LogP contribution >= 0.6 is 56.9 Å². The Kier molecular flexibility index (Phi) is 7.57. The third-order valence-corrected chi connectivity index (χ3v) is 6.18. The van der Waals surface area contributed by atoms with Crippen molar-refractivity contribution in [3.8, 4) is 5.75 Å². The first kappa shape index (κ1) is 22.1. The highest BCUT2D eigenvalue weighted by Crippen LogP contribution is 2.36. The highest BCUT2D eigenvalue weighted by Gasteiger charge is 2.36. The molecular formula is C20H16I2N2O4S. The number of nitrogens with zero attached hydrogens (tertiary/aromatic N) is 1. The van der Waals surface area contributed by atoms with E-state index in [4.69, 9.17) is 4.74 Å². The number of carbonyl (C=O) groups is 3. The largest absolute Gasteiger partial charge is 0.492 e. The van der Waals surface area contributed by atoms with Crippen LogP contribution < -0.4 is 10.1 Å². The summed E-state index contributed by atoms with van der Waals surface area (Å²) < 4.78 is 7.62. The second kappa shape index (κ2) is 9.94. The number of imide groups is 1. The topological polar surface area (TPSA) is 75.7 Å². The smallest absolute Gasteiger partial charge is 0.294 e. The fraction of sp³-hybridized carbons (Fsp3) is 0.150. The van der Waals surface area contributed by atoms with E-state index in [9.17, 15) is 14.4 Å². The van der Waals surface area contributed by atoms with Crippen LogP contribution in [-0.4, -0.2) is 35.1 Å². The zero-order valence-electron chi connectivity index (χ0n) is 15.3. The third kappa shape index (κ3) is 5.51. The van der Waals surface area contributed by atoms with Crippen molar-refractivity contribution in [2.24, 2.45) is 0 Å². The van der Waals surface area contributed by atoms with Crippen molar-refractivity contribution >= 4 is 85.8 Å². The fourth-order valence-electron chi connectivity index (χ4n) is 2.63. The van der Waals surface area contributed by atoms with Gasteiger partial charge >= 0.3 is 0 Å². The number of benzene rings is 2. The summed E-state index contributed by atoms with van der Waals surface area (Å²) in [5.74, 6) is -0.250. The molecule has 2 aromatic carbocycles. The lowest BCUT2D eigenvalue weighted by Crippen LogP contribution is -2.36. The first-order valence-corrected chi connectivity index (χ1v) is 11.6.